The molecular weight excluding hydrogens is 126 g/mol. The molecule has 0 spiro atoms. The smallest absolute Gasteiger partial charge is 0.137 e. The second-order valence-electron chi connectivity index (χ2n) is 2.68. The van der Waals surface area contributed by atoms with E-state index in [-0.39, 0.29) is 0 Å². The molecule has 1 unspecified atom stereocenters. The van der Waals surface area contributed by atoms with Crippen LogP contribution in [0.3, 0.4) is 0 Å². The van der Waals surface area contributed by atoms with E-state index >= 15 is 0 Å². The van der Waals surface area contributed by atoms with Gasteiger partial charge >= 0.3 is 0 Å². The first-order valence-corrected chi connectivity index (χ1v) is 3.43. The van der Waals surface area contributed by atoms with Crippen molar-refractivity contribution in [2.75, 3.05) is 0 Å². The van der Waals surface area contributed by atoms with E-state index in [1.165, 1.54) is 0 Å². The highest BCUT2D eigenvalue weighted by atomic mass is 15.3. The van der Waals surface area contributed by atoms with Crippen LogP contribution in [0, 0.1) is 5.92 Å². The predicted molar refractivity (Wildman–Crippen MR) is 38.2 cm³/mol. The monoisotopic (exact) mass is 135 g/mol. The topological polar surface area (TPSA) is 30.7 Å². The maximum absolute atomic E-state index is 3.97. The number of nitrogens with zero attached hydrogens (tertiary/aromatic N) is 3. The third-order valence-electron chi connectivity index (χ3n) is 1.73. The Morgan fingerprint density at radius 1 is 1.70 bits per heavy atom. The van der Waals surface area contributed by atoms with Crippen LogP contribution in [0.15, 0.2) is 12.4 Å². The van der Waals surface area contributed by atoms with Crippen LogP contribution in [0.25, 0.3) is 6.20 Å². The zero-order valence-corrected chi connectivity index (χ0v) is 5.86. The van der Waals surface area contributed by atoms with Crippen molar-refractivity contribution in [3.05, 3.63) is 18.2 Å². The van der Waals surface area contributed by atoms with Gasteiger partial charge in [0.15, 0.2) is 0 Å². The van der Waals surface area contributed by atoms with Gasteiger partial charge in [-0.15, -0.1) is 10.2 Å². The van der Waals surface area contributed by atoms with Crippen LogP contribution in [0.5, 0.6) is 0 Å². The van der Waals surface area contributed by atoms with Crippen molar-refractivity contribution < 1.29 is 0 Å². The molecule has 0 N–H and O–H groups in total. The molecule has 2 rings (SSSR count). The Morgan fingerprint density at radius 3 is 3.50 bits per heavy atom. The second kappa shape index (κ2) is 1.94. The third-order valence-corrected chi connectivity index (χ3v) is 1.73. The van der Waals surface area contributed by atoms with Crippen molar-refractivity contribution in [2.45, 2.75) is 13.3 Å². The lowest BCUT2D eigenvalue weighted by molar-refractivity contribution is 0.659. The largest absolute Gasteiger partial charge is 0.293 e. The molecule has 0 saturated carbocycles. The highest BCUT2D eigenvalue weighted by molar-refractivity contribution is 5.28. The summed E-state index contributed by atoms with van der Waals surface area (Å²) in [6.45, 7) is 2.18. The molecule has 2 heterocycles. The number of hydrogen-bond acceptors (Lipinski definition) is 2. The van der Waals surface area contributed by atoms with Gasteiger partial charge in [-0.2, -0.15) is 0 Å². The van der Waals surface area contributed by atoms with E-state index in [1.54, 1.807) is 6.33 Å². The average molecular weight is 135 g/mol. The van der Waals surface area contributed by atoms with Gasteiger partial charge in [0, 0.05) is 12.6 Å². The van der Waals surface area contributed by atoms with Gasteiger partial charge in [0.2, 0.25) is 0 Å². The Balaban J connectivity index is 2.43. The van der Waals surface area contributed by atoms with Crippen molar-refractivity contribution >= 4 is 6.20 Å². The number of fused-ring (bicyclic) bond motifs is 1. The first-order valence-electron chi connectivity index (χ1n) is 3.43. The zero-order chi connectivity index (χ0) is 6.97. The molecule has 3 heteroatoms. The highest BCUT2D eigenvalue weighted by Gasteiger charge is 2.09. The van der Waals surface area contributed by atoms with Crippen LogP contribution in [-0.2, 0) is 6.42 Å². The molecule has 0 aromatic carbocycles. The lowest BCUT2D eigenvalue weighted by atomic mass is 10.1. The van der Waals surface area contributed by atoms with Gasteiger partial charge in [0.1, 0.15) is 12.2 Å². The van der Waals surface area contributed by atoms with Gasteiger partial charge in [-0.1, -0.05) is 13.0 Å². The molecule has 1 aliphatic heterocycles. The summed E-state index contributed by atoms with van der Waals surface area (Å²) < 4.78 is 1.96. The maximum atomic E-state index is 3.97. The Morgan fingerprint density at radius 2 is 2.60 bits per heavy atom. The minimum absolute atomic E-state index is 0.608. The van der Waals surface area contributed by atoms with E-state index in [9.17, 15) is 0 Å². The van der Waals surface area contributed by atoms with Gasteiger partial charge in [-0.25, -0.2) is 0 Å². The minimum atomic E-state index is 0.608. The minimum Gasteiger partial charge on any atom is -0.293 e. The molecule has 1 aromatic heterocycles. The molecule has 0 bridgehead atoms. The van der Waals surface area contributed by atoms with Gasteiger partial charge in [-0.3, -0.25) is 4.57 Å². The summed E-state index contributed by atoms with van der Waals surface area (Å²) in [4.78, 5) is 0. The molecule has 1 aliphatic rings. The first kappa shape index (κ1) is 5.65. The fraction of sp³-hybridized carbons (Fsp3) is 0.429. The Hall–Kier alpha value is -1.12. The van der Waals surface area contributed by atoms with E-state index in [2.05, 4.69) is 23.2 Å². The molecule has 0 radical (unpaired) electrons. The molecule has 0 fully saturated rings. The molecule has 1 aromatic rings. The van der Waals surface area contributed by atoms with E-state index in [0.717, 1.165) is 12.2 Å². The fourth-order valence-electron chi connectivity index (χ4n) is 1.13. The summed E-state index contributed by atoms with van der Waals surface area (Å²) in [5.41, 5.74) is 0. The molecule has 0 aliphatic carbocycles. The molecular formula is C7H9N3. The number of rotatable bonds is 0. The Bertz CT molecular complexity index is 262. The molecule has 52 valence electrons. The predicted octanol–water partition coefficient (Wildman–Crippen LogP) is 0.941. The van der Waals surface area contributed by atoms with E-state index in [1.807, 2.05) is 10.8 Å². The quantitative estimate of drug-likeness (QED) is 0.530. The lowest BCUT2D eigenvalue weighted by Crippen LogP contribution is -2.07. The molecule has 0 amide bonds. The number of allylic oxidation sites excluding steroid dienone is 1. The SMILES string of the molecule is CC1C=Cn2cnnc2C1. The summed E-state index contributed by atoms with van der Waals surface area (Å²) in [7, 11) is 0. The highest BCUT2D eigenvalue weighted by Crippen LogP contribution is 2.13. The van der Waals surface area contributed by atoms with E-state index in [4.69, 9.17) is 0 Å². The molecule has 3 nitrogen and oxygen atoms in total. The van der Waals surface area contributed by atoms with Crippen molar-refractivity contribution in [1.29, 1.82) is 0 Å². The summed E-state index contributed by atoms with van der Waals surface area (Å²) in [6.07, 6.45) is 6.92. The molecule has 1 atom stereocenters. The van der Waals surface area contributed by atoms with Crippen LogP contribution in [0.4, 0.5) is 0 Å². The van der Waals surface area contributed by atoms with Gasteiger partial charge in [-0.05, 0) is 5.92 Å². The van der Waals surface area contributed by atoms with Crippen LogP contribution in [0.1, 0.15) is 12.7 Å². The Kier molecular flexibility index (Phi) is 1.09. The van der Waals surface area contributed by atoms with Crippen molar-refractivity contribution in [1.82, 2.24) is 14.8 Å². The van der Waals surface area contributed by atoms with E-state index < -0.39 is 0 Å². The molecule has 10 heavy (non-hydrogen) atoms. The van der Waals surface area contributed by atoms with Gasteiger partial charge in [0.05, 0.1) is 0 Å². The van der Waals surface area contributed by atoms with Crippen LogP contribution in [-0.4, -0.2) is 14.8 Å². The summed E-state index contributed by atoms with van der Waals surface area (Å²) in [5.74, 6) is 1.67. The Labute approximate surface area is 59.4 Å². The van der Waals surface area contributed by atoms with Crippen LogP contribution < -0.4 is 0 Å². The first-order chi connectivity index (χ1) is 4.86. The van der Waals surface area contributed by atoms with Crippen molar-refractivity contribution in [3.8, 4) is 0 Å². The second-order valence-corrected chi connectivity index (χ2v) is 2.68. The summed E-state index contributed by atoms with van der Waals surface area (Å²) in [6, 6.07) is 0. The average Bonchev–Trinajstić information content (AvgIpc) is 2.33. The normalized spacial score (nSPS) is 22.7. The van der Waals surface area contributed by atoms with Crippen molar-refractivity contribution in [3.63, 3.8) is 0 Å². The van der Waals surface area contributed by atoms with Crippen molar-refractivity contribution in [2.24, 2.45) is 5.92 Å². The van der Waals surface area contributed by atoms with Gasteiger partial charge < -0.3 is 0 Å². The van der Waals surface area contributed by atoms with Gasteiger partial charge in [0.25, 0.3) is 0 Å². The summed E-state index contributed by atoms with van der Waals surface area (Å²) >= 11 is 0. The summed E-state index contributed by atoms with van der Waals surface area (Å²) in [5, 5.41) is 7.77. The molecule has 0 saturated heterocycles. The standard InChI is InChI=1S/C7H9N3/c1-6-2-3-10-5-8-9-7(10)4-6/h2-3,5-6H,4H2,1H3. The zero-order valence-electron chi connectivity index (χ0n) is 5.86. The number of aromatic nitrogens is 3. The number of hydrogen-bond donors (Lipinski definition) is 0. The third kappa shape index (κ3) is 0.744. The van der Waals surface area contributed by atoms with E-state index in [0.29, 0.717) is 5.92 Å². The maximum Gasteiger partial charge on any atom is 0.137 e. The van der Waals surface area contributed by atoms with Crippen LogP contribution >= 0.6 is 0 Å². The lowest BCUT2D eigenvalue weighted by Gasteiger charge is -2.10. The fourth-order valence-corrected chi connectivity index (χ4v) is 1.13. The van der Waals surface area contributed by atoms with Crippen LogP contribution in [0.2, 0.25) is 0 Å².